The van der Waals surface area contributed by atoms with Gasteiger partial charge in [-0.25, -0.2) is 18.7 Å². The third-order valence-electron chi connectivity index (χ3n) is 2.79. The van der Waals surface area contributed by atoms with Crippen molar-refractivity contribution in [2.75, 3.05) is 0 Å². The Bertz CT molecular complexity index is 638. The van der Waals surface area contributed by atoms with Gasteiger partial charge in [-0.1, -0.05) is 0 Å². The molecule has 0 fully saturated rings. The summed E-state index contributed by atoms with van der Waals surface area (Å²) in [5, 5.41) is 2.38. The molecule has 0 bridgehead atoms. The molecule has 1 amide bonds. The number of nitrogens with zero attached hydrogens (tertiary/aromatic N) is 3. The highest BCUT2D eigenvalue weighted by Crippen LogP contribution is 2.23. The van der Waals surface area contributed by atoms with Crippen molar-refractivity contribution in [2.45, 2.75) is 26.1 Å². The van der Waals surface area contributed by atoms with E-state index in [-0.39, 0.29) is 12.4 Å². The van der Waals surface area contributed by atoms with Gasteiger partial charge in [0, 0.05) is 30.1 Å². The first kappa shape index (κ1) is 15.0. The second kappa shape index (κ2) is 5.90. The standard InChI is InChI=1S/C14H14F2N4O/c1-14(2,16)13-19-5-10(6-20-13)12-3-9(4-17-8-21)11(15)7-18-12/h3,5-8H,4H2,1-2H3,(H,17,21). The Labute approximate surface area is 120 Å². The fraction of sp³-hybridized carbons (Fsp3) is 0.286. The summed E-state index contributed by atoms with van der Waals surface area (Å²) in [7, 11) is 0. The van der Waals surface area contributed by atoms with Gasteiger partial charge in [-0.2, -0.15) is 0 Å². The van der Waals surface area contributed by atoms with Gasteiger partial charge in [0.2, 0.25) is 6.41 Å². The molecule has 0 aliphatic heterocycles. The van der Waals surface area contributed by atoms with Crippen LogP contribution in [0.4, 0.5) is 8.78 Å². The number of rotatable bonds is 5. The Morgan fingerprint density at radius 3 is 2.48 bits per heavy atom. The maximum atomic E-state index is 13.7. The van der Waals surface area contributed by atoms with E-state index >= 15 is 0 Å². The molecule has 2 rings (SSSR count). The smallest absolute Gasteiger partial charge is 0.207 e. The molecule has 0 saturated heterocycles. The molecule has 0 radical (unpaired) electrons. The predicted molar refractivity (Wildman–Crippen MR) is 72.3 cm³/mol. The fourth-order valence-electron chi connectivity index (χ4n) is 1.69. The average molecular weight is 292 g/mol. The van der Waals surface area contributed by atoms with E-state index in [9.17, 15) is 13.6 Å². The highest BCUT2D eigenvalue weighted by Gasteiger charge is 2.22. The molecular formula is C14H14F2N4O. The summed E-state index contributed by atoms with van der Waals surface area (Å²) in [4.78, 5) is 22.1. The van der Waals surface area contributed by atoms with Crippen molar-refractivity contribution in [2.24, 2.45) is 0 Å². The van der Waals surface area contributed by atoms with E-state index in [1.165, 1.54) is 32.3 Å². The minimum atomic E-state index is -1.63. The lowest BCUT2D eigenvalue weighted by Crippen LogP contribution is -2.14. The Balaban J connectivity index is 2.31. The van der Waals surface area contributed by atoms with Gasteiger partial charge in [0.15, 0.2) is 11.5 Å². The van der Waals surface area contributed by atoms with Gasteiger partial charge < -0.3 is 5.32 Å². The summed E-state index contributed by atoms with van der Waals surface area (Å²) >= 11 is 0. The molecule has 0 spiro atoms. The summed E-state index contributed by atoms with van der Waals surface area (Å²) in [5.74, 6) is -0.452. The van der Waals surface area contributed by atoms with Crippen molar-refractivity contribution >= 4 is 6.41 Å². The zero-order valence-electron chi connectivity index (χ0n) is 11.6. The Morgan fingerprint density at radius 2 is 1.90 bits per heavy atom. The number of carbonyl (C=O) groups excluding carboxylic acids is 1. The highest BCUT2D eigenvalue weighted by atomic mass is 19.1. The number of carbonyl (C=O) groups is 1. The number of halogens is 2. The summed E-state index contributed by atoms with van der Waals surface area (Å²) in [6.45, 7) is 2.78. The van der Waals surface area contributed by atoms with Gasteiger partial charge in [0.1, 0.15) is 5.82 Å². The van der Waals surface area contributed by atoms with E-state index in [1.807, 2.05) is 0 Å². The van der Waals surface area contributed by atoms with Crippen molar-refractivity contribution in [3.05, 3.63) is 41.9 Å². The molecule has 2 aromatic heterocycles. The van der Waals surface area contributed by atoms with Crippen LogP contribution >= 0.6 is 0 Å². The Morgan fingerprint density at radius 1 is 1.24 bits per heavy atom. The summed E-state index contributed by atoms with van der Waals surface area (Å²) in [6.07, 6.45) is 4.41. The van der Waals surface area contributed by atoms with Gasteiger partial charge in [0.05, 0.1) is 11.9 Å². The molecule has 2 aromatic rings. The van der Waals surface area contributed by atoms with Crippen LogP contribution < -0.4 is 5.32 Å². The second-order valence-electron chi connectivity index (χ2n) is 4.93. The summed E-state index contributed by atoms with van der Waals surface area (Å²) in [6, 6.07) is 1.49. The quantitative estimate of drug-likeness (QED) is 0.857. The third-order valence-corrected chi connectivity index (χ3v) is 2.79. The predicted octanol–water partition coefficient (Wildman–Crippen LogP) is 2.13. The van der Waals surface area contributed by atoms with Crippen molar-refractivity contribution in [3.63, 3.8) is 0 Å². The van der Waals surface area contributed by atoms with Crippen molar-refractivity contribution in [1.29, 1.82) is 0 Å². The first-order valence-corrected chi connectivity index (χ1v) is 6.25. The molecule has 0 unspecified atom stereocenters. The summed E-state index contributed by atoms with van der Waals surface area (Å²) < 4.78 is 27.2. The topological polar surface area (TPSA) is 67.8 Å². The monoisotopic (exact) mass is 292 g/mol. The average Bonchev–Trinajstić information content (AvgIpc) is 2.46. The number of alkyl halides is 1. The van der Waals surface area contributed by atoms with Crippen LogP contribution in [0.25, 0.3) is 11.3 Å². The van der Waals surface area contributed by atoms with E-state index < -0.39 is 11.5 Å². The molecule has 0 saturated carbocycles. The highest BCUT2D eigenvalue weighted by molar-refractivity contribution is 5.57. The minimum Gasteiger partial charge on any atom is -0.354 e. The molecule has 21 heavy (non-hydrogen) atoms. The van der Waals surface area contributed by atoms with Crippen LogP contribution in [0.15, 0.2) is 24.7 Å². The Hall–Kier alpha value is -2.44. The van der Waals surface area contributed by atoms with Gasteiger partial charge in [-0.15, -0.1) is 0 Å². The minimum absolute atomic E-state index is 0.0569. The molecule has 0 aliphatic rings. The lowest BCUT2D eigenvalue weighted by Gasteiger charge is -2.12. The van der Waals surface area contributed by atoms with Crippen molar-refractivity contribution in [1.82, 2.24) is 20.3 Å². The van der Waals surface area contributed by atoms with Gasteiger partial charge in [-0.3, -0.25) is 9.78 Å². The molecule has 7 heteroatoms. The van der Waals surface area contributed by atoms with E-state index in [0.717, 1.165) is 6.20 Å². The maximum absolute atomic E-state index is 13.7. The van der Waals surface area contributed by atoms with Crippen molar-refractivity contribution in [3.8, 4) is 11.3 Å². The van der Waals surface area contributed by atoms with Crippen molar-refractivity contribution < 1.29 is 13.6 Å². The van der Waals surface area contributed by atoms with Crippen LogP contribution in [0.2, 0.25) is 0 Å². The summed E-state index contributed by atoms with van der Waals surface area (Å²) in [5.41, 5.74) is -0.354. The van der Waals surface area contributed by atoms with Crippen LogP contribution in [-0.2, 0) is 17.0 Å². The molecule has 0 atom stereocenters. The number of hydrogen-bond donors (Lipinski definition) is 1. The zero-order valence-corrected chi connectivity index (χ0v) is 11.6. The second-order valence-corrected chi connectivity index (χ2v) is 4.93. The Kier molecular flexibility index (Phi) is 4.21. The number of aromatic nitrogens is 3. The fourth-order valence-corrected chi connectivity index (χ4v) is 1.69. The van der Waals surface area contributed by atoms with E-state index in [2.05, 4.69) is 20.3 Å². The molecule has 0 aromatic carbocycles. The first-order chi connectivity index (χ1) is 9.91. The number of nitrogens with one attached hydrogen (secondary N) is 1. The lowest BCUT2D eigenvalue weighted by atomic mass is 10.1. The SMILES string of the molecule is CC(C)(F)c1ncc(-c2cc(CNC=O)c(F)cn2)cn1. The van der Waals surface area contributed by atoms with E-state index in [1.54, 1.807) is 0 Å². The largest absolute Gasteiger partial charge is 0.354 e. The number of hydrogen-bond acceptors (Lipinski definition) is 4. The lowest BCUT2D eigenvalue weighted by molar-refractivity contribution is -0.109. The molecule has 1 N–H and O–H groups in total. The molecule has 0 aliphatic carbocycles. The van der Waals surface area contributed by atoms with Crippen LogP contribution in [0.1, 0.15) is 25.2 Å². The van der Waals surface area contributed by atoms with Gasteiger partial charge >= 0.3 is 0 Å². The van der Waals surface area contributed by atoms with Crippen LogP contribution in [0.3, 0.4) is 0 Å². The maximum Gasteiger partial charge on any atom is 0.207 e. The first-order valence-electron chi connectivity index (χ1n) is 6.25. The zero-order chi connectivity index (χ0) is 15.5. The molecule has 2 heterocycles. The van der Waals surface area contributed by atoms with E-state index in [4.69, 9.17) is 0 Å². The molecular weight excluding hydrogens is 278 g/mol. The number of amides is 1. The normalized spacial score (nSPS) is 11.2. The third kappa shape index (κ3) is 3.56. The van der Waals surface area contributed by atoms with Gasteiger partial charge in [0.25, 0.3) is 0 Å². The van der Waals surface area contributed by atoms with E-state index in [0.29, 0.717) is 23.2 Å². The molecule has 5 nitrogen and oxygen atoms in total. The van der Waals surface area contributed by atoms with Crippen LogP contribution in [0, 0.1) is 5.82 Å². The van der Waals surface area contributed by atoms with Gasteiger partial charge in [-0.05, 0) is 19.9 Å². The van der Waals surface area contributed by atoms with Crippen LogP contribution in [-0.4, -0.2) is 21.4 Å². The van der Waals surface area contributed by atoms with Crippen LogP contribution in [0.5, 0.6) is 0 Å². The number of pyridine rings is 1. The molecule has 110 valence electrons.